The fraction of sp³-hybridized carbons (Fsp3) is 0.286. The van der Waals surface area contributed by atoms with Crippen LogP contribution in [0.15, 0.2) is 40.3 Å². The molecule has 0 bridgehead atoms. The quantitative estimate of drug-likeness (QED) is 0.362. The van der Waals surface area contributed by atoms with Gasteiger partial charge in [-0.2, -0.15) is 23.5 Å². The molecule has 0 amide bonds. The lowest BCUT2D eigenvalue weighted by Gasteiger charge is -2.18. The van der Waals surface area contributed by atoms with Crippen LogP contribution in [0.4, 0.5) is 27.8 Å². The monoisotopic (exact) mass is 535 g/mol. The Labute approximate surface area is 207 Å². The minimum absolute atomic E-state index is 0.00396. The molecule has 5 heterocycles. The van der Waals surface area contributed by atoms with Crippen LogP contribution in [-0.2, 0) is 6.54 Å². The van der Waals surface area contributed by atoms with Gasteiger partial charge in [0.1, 0.15) is 18.4 Å². The highest BCUT2D eigenvalue weighted by Gasteiger charge is 2.51. The first kappa shape index (κ1) is 24.8. The first-order valence-electron chi connectivity index (χ1n) is 10.7. The Morgan fingerprint density at radius 1 is 1.21 bits per heavy atom. The molecule has 1 aliphatic heterocycles. The van der Waals surface area contributed by atoms with Crippen molar-refractivity contribution >= 4 is 16.7 Å². The summed E-state index contributed by atoms with van der Waals surface area (Å²) in [6.07, 6.45) is -2.96. The van der Waals surface area contributed by atoms with Crippen molar-refractivity contribution in [3.05, 3.63) is 57.4 Å². The Bertz CT molecular complexity index is 1690. The van der Waals surface area contributed by atoms with Crippen LogP contribution in [0.5, 0.6) is 5.88 Å². The maximum Gasteiger partial charge on any atom is 0.408 e. The second kappa shape index (κ2) is 8.90. The Balaban J connectivity index is 1.43. The molecule has 17 heteroatoms. The molecular weight excluding hydrogens is 521 g/mol. The van der Waals surface area contributed by atoms with Crippen molar-refractivity contribution in [1.82, 2.24) is 34.7 Å². The van der Waals surface area contributed by atoms with Crippen LogP contribution in [0.3, 0.4) is 0 Å². The van der Waals surface area contributed by atoms with Crippen molar-refractivity contribution in [3.8, 4) is 23.2 Å². The van der Waals surface area contributed by atoms with Gasteiger partial charge in [0.25, 0.3) is 5.56 Å². The van der Waals surface area contributed by atoms with E-state index in [1.165, 1.54) is 6.07 Å². The largest absolute Gasteiger partial charge is 0.466 e. The van der Waals surface area contributed by atoms with E-state index in [1.54, 1.807) is 6.07 Å². The van der Waals surface area contributed by atoms with Gasteiger partial charge in [0.15, 0.2) is 6.10 Å². The minimum atomic E-state index is -4.55. The fourth-order valence-corrected chi connectivity index (χ4v) is 3.90. The standard InChI is InChI=1S/C21H14F5N9O3/c22-20(23)8-34(16-1-12(31-15(3-27)32-16)11-6-29-19(37)33-18(11)36)7-14(20)38-17-2-13-10(4-28-17)5-30-35(13)9-21(24,25)26/h1-2,4-6,14H,7-9H2,(H2,29,33,36,37). The molecule has 4 aromatic rings. The van der Waals surface area contributed by atoms with E-state index in [0.29, 0.717) is 4.68 Å². The van der Waals surface area contributed by atoms with E-state index in [0.717, 1.165) is 29.6 Å². The van der Waals surface area contributed by atoms with Crippen LogP contribution in [0.2, 0.25) is 0 Å². The molecule has 12 nitrogen and oxygen atoms in total. The fourth-order valence-electron chi connectivity index (χ4n) is 3.90. The van der Waals surface area contributed by atoms with E-state index in [9.17, 15) is 36.8 Å². The molecule has 1 fully saturated rings. The number of aromatic amines is 2. The Morgan fingerprint density at radius 2 is 2.00 bits per heavy atom. The van der Waals surface area contributed by atoms with Crippen LogP contribution in [0.1, 0.15) is 5.82 Å². The van der Waals surface area contributed by atoms with Gasteiger partial charge in [-0.25, -0.2) is 28.5 Å². The van der Waals surface area contributed by atoms with Crippen LogP contribution < -0.4 is 20.9 Å². The Hall–Kier alpha value is -4.88. The SMILES string of the molecule is N#Cc1nc(-c2c[nH]c(=O)[nH]c2=O)cc(N2CC(Oc3cc4c(cn3)cnn4CC(F)(F)F)C(F)(F)C2)n1. The molecule has 0 radical (unpaired) electrons. The summed E-state index contributed by atoms with van der Waals surface area (Å²) in [6, 6.07) is 3.98. The summed E-state index contributed by atoms with van der Waals surface area (Å²) in [7, 11) is 0. The van der Waals surface area contributed by atoms with Crippen LogP contribution in [0, 0.1) is 11.3 Å². The second-order valence-electron chi connectivity index (χ2n) is 8.28. The minimum Gasteiger partial charge on any atom is -0.466 e. The molecule has 5 rings (SSSR count). The number of alkyl halides is 5. The average molecular weight is 535 g/mol. The number of hydrogen-bond acceptors (Lipinski definition) is 9. The molecule has 2 N–H and O–H groups in total. The third-order valence-corrected chi connectivity index (χ3v) is 5.58. The average Bonchev–Trinajstić information content (AvgIpc) is 3.37. The van der Waals surface area contributed by atoms with Crippen molar-refractivity contribution < 1.29 is 26.7 Å². The summed E-state index contributed by atoms with van der Waals surface area (Å²) in [5.41, 5.74) is -1.82. The number of halogens is 5. The van der Waals surface area contributed by atoms with E-state index < -0.39 is 54.9 Å². The number of nitriles is 1. The van der Waals surface area contributed by atoms with Gasteiger partial charge in [0.2, 0.25) is 11.7 Å². The summed E-state index contributed by atoms with van der Waals surface area (Å²) in [5.74, 6) is -4.33. The number of nitrogens with zero attached hydrogens (tertiary/aromatic N) is 7. The zero-order valence-electron chi connectivity index (χ0n) is 18.8. The molecule has 0 aliphatic carbocycles. The summed E-state index contributed by atoms with van der Waals surface area (Å²) >= 11 is 0. The van der Waals surface area contributed by atoms with Crippen molar-refractivity contribution in [1.29, 1.82) is 5.26 Å². The number of H-pyrrole nitrogens is 2. The summed E-state index contributed by atoms with van der Waals surface area (Å²) in [4.78, 5) is 40.6. The lowest BCUT2D eigenvalue weighted by molar-refractivity contribution is -0.141. The van der Waals surface area contributed by atoms with Crippen molar-refractivity contribution in [2.24, 2.45) is 0 Å². The second-order valence-corrected chi connectivity index (χ2v) is 8.28. The summed E-state index contributed by atoms with van der Waals surface area (Å²) < 4.78 is 74.4. The van der Waals surface area contributed by atoms with E-state index in [4.69, 9.17) is 4.74 Å². The lowest BCUT2D eigenvalue weighted by atomic mass is 10.2. The van der Waals surface area contributed by atoms with Gasteiger partial charge in [0, 0.05) is 29.9 Å². The Morgan fingerprint density at radius 3 is 2.71 bits per heavy atom. The zero-order chi connectivity index (χ0) is 27.2. The van der Waals surface area contributed by atoms with Gasteiger partial charge in [-0.05, 0) is 0 Å². The van der Waals surface area contributed by atoms with Crippen LogP contribution >= 0.6 is 0 Å². The first-order chi connectivity index (χ1) is 17.9. The maximum atomic E-state index is 14.9. The van der Waals surface area contributed by atoms with Gasteiger partial charge < -0.3 is 14.6 Å². The molecule has 1 aliphatic rings. The highest BCUT2D eigenvalue weighted by Crippen LogP contribution is 2.34. The molecular formula is C21H14F5N9O3. The van der Waals surface area contributed by atoms with Gasteiger partial charge in [-0.1, -0.05) is 0 Å². The van der Waals surface area contributed by atoms with Crippen LogP contribution in [-0.4, -0.2) is 66.0 Å². The van der Waals surface area contributed by atoms with Crippen molar-refractivity contribution in [2.45, 2.75) is 24.7 Å². The number of nitrogens with one attached hydrogen (secondary N) is 2. The highest BCUT2D eigenvalue weighted by atomic mass is 19.4. The molecule has 196 valence electrons. The van der Waals surface area contributed by atoms with Gasteiger partial charge in [-0.15, -0.1) is 0 Å². The smallest absolute Gasteiger partial charge is 0.408 e. The van der Waals surface area contributed by atoms with E-state index in [1.807, 2.05) is 4.98 Å². The van der Waals surface area contributed by atoms with E-state index >= 15 is 0 Å². The van der Waals surface area contributed by atoms with Crippen molar-refractivity contribution in [3.63, 3.8) is 0 Å². The summed E-state index contributed by atoms with van der Waals surface area (Å²) in [6.45, 7) is -2.73. The topological polar surface area (TPSA) is 158 Å². The lowest BCUT2D eigenvalue weighted by Crippen LogP contribution is -2.36. The van der Waals surface area contributed by atoms with E-state index in [-0.39, 0.29) is 33.9 Å². The Kier molecular flexibility index (Phi) is 5.81. The third kappa shape index (κ3) is 4.87. The highest BCUT2D eigenvalue weighted by molar-refractivity contribution is 5.78. The number of hydrogen-bond donors (Lipinski definition) is 2. The molecule has 0 aromatic carbocycles. The molecule has 1 saturated heterocycles. The zero-order valence-corrected chi connectivity index (χ0v) is 18.8. The number of rotatable bonds is 5. The normalized spacial score (nSPS) is 17.1. The van der Waals surface area contributed by atoms with Gasteiger partial charge in [0.05, 0.1) is 36.1 Å². The molecule has 0 saturated carbocycles. The van der Waals surface area contributed by atoms with E-state index in [2.05, 4.69) is 25.0 Å². The molecule has 1 atom stereocenters. The molecule has 1 unspecified atom stereocenters. The predicted octanol–water partition coefficient (Wildman–Crippen LogP) is 1.60. The van der Waals surface area contributed by atoms with Crippen LogP contribution in [0.25, 0.3) is 22.2 Å². The van der Waals surface area contributed by atoms with Crippen molar-refractivity contribution in [2.75, 3.05) is 18.0 Å². The number of fused-ring (bicyclic) bond motifs is 1. The molecule has 0 spiro atoms. The number of anilines is 1. The third-order valence-electron chi connectivity index (χ3n) is 5.58. The molecule has 38 heavy (non-hydrogen) atoms. The number of aromatic nitrogens is 7. The van der Waals surface area contributed by atoms with Gasteiger partial charge in [-0.3, -0.25) is 14.5 Å². The molecule has 4 aromatic heterocycles. The number of pyridine rings is 1. The number of ether oxygens (including phenoxy) is 1. The maximum absolute atomic E-state index is 14.9. The predicted molar refractivity (Wildman–Crippen MR) is 119 cm³/mol. The van der Waals surface area contributed by atoms with Gasteiger partial charge >= 0.3 is 17.8 Å². The summed E-state index contributed by atoms with van der Waals surface area (Å²) in [5, 5.41) is 13.2. The first-order valence-corrected chi connectivity index (χ1v) is 10.7.